The zero-order valence-corrected chi connectivity index (χ0v) is 31.0. The fraction of sp³-hybridized carbons (Fsp3) is 0.152. The molecular formula is C46H42N4O3. The maximum absolute atomic E-state index is 12.9. The zero-order valence-electron chi connectivity index (χ0n) is 31.0. The summed E-state index contributed by atoms with van der Waals surface area (Å²) in [7, 11) is 1.54. The predicted molar refractivity (Wildman–Crippen MR) is 211 cm³/mol. The molecule has 0 saturated heterocycles. The maximum Gasteiger partial charge on any atom is 0.336 e. The van der Waals surface area contributed by atoms with E-state index in [2.05, 4.69) is 128 Å². The first-order valence-corrected chi connectivity index (χ1v) is 17.8. The molecule has 7 nitrogen and oxygen atoms in total. The number of hydrogen-bond acceptors (Lipinski definition) is 2. The third-order valence-electron chi connectivity index (χ3n) is 10.3. The number of fused-ring (bicyclic) bond motifs is 8. The molecule has 4 aromatic heterocycles. The van der Waals surface area contributed by atoms with E-state index in [1.54, 1.807) is 13.2 Å². The summed E-state index contributed by atoms with van der Waals surface area (Å²) in [4.78, 5) is 27.8. The third-order valence-corrected chi connectivity index (χ3v) is 10.3. The lowest BCUT2D eigenvalue weighted by Gasteiger charge is -2.15. The molecule has 53 heavy (non-hydrogen) atoms. The quantitative estimate of drug-likeness (QED) is 0.143. The highest BCUT2D eigenvalue weighted by molar-refractivity contribution is 5.97. The van der Waals surface area contributed by atoms with Gasteiger partial charge in [0.2, 0.25) is 0 Å². The van der Waals surface area contributed by atoms with Crippen LogP contribution in [0.25, 0.3) is 22.8 Å². The van der Waals surface area contributed by atoms with Crippen molar-refractivity contribution in [2.75, 3.05) is 7.11 Å². The Hall–Kier alpha value is -6.47. The second kappa shape index (κ2) is 12.9. The summed E-state index contributed by atoms with van der Waals surface area (Å²) in [6.07, 6.45) is 2.14. The Labute approximate surface area is 307 Å². The standard InChI is InChI=1S/C46H42N4O3/c1-24-18-26(3)41(27(4)19-24)44-37-12-8-30(47-37)22-31-9-13-38(48-31)45(42-28(5)20-25(2)21-29(42)6)40-17-15-36(50-40)43(35-14-16-39(44)49-35)33-11-10-32(53-7)23-34(33)46(51)52/h8-23,47-50H,1-7H3,(H,51,52). The number of aromatic amines is 4. The molecule has 0 unspecified atom stereocenters. The van der Waals surface area contributed by atoms with E-state index < -0.39 is 5.97 Å². The molecule has 8 bridgehead atoms. The molecule has 1 aliphatic rings. The second-order valence-electron chi connectivity index (χ2n) is 14.3. The largest absolute Gasteiger partial charge is 0.497 e. The fourth-order valence-electron chi connectivity index (χ4n) is 8.28. The van der Waals surface area contributed by atoms with E-state index in [0.29, 0.717) is 11.3 Å². The van der Waals surface area contributed by atoms with Gasteiger partial charge in [0.25, 0.3) is 0 Å². The molecule has 0 radical (unpaired) electrons. The van der Waals surface area contributed by atoms with Crippen LogP contribution in [0.3, 0.4) is 0 Å². The van der Waals surface area contributed by atoms with Gasteiger partial charge in [-0.1, -0.05) is 35.4 Å². The average molecular weight is 699 g/mol. The molecule has 7 aromatic rings. The van der Waals surface area contributed by atoms with Crippen molar-refractivity contribution in [3.63, 3.8) is 0 Å². The van der Waals surface area contributed by atoms with Crippen LogP contribution in [-0.2, 0) is 0 Å². The highest BCUT2D eigenvalue weighted by Crippen LogP contribution is 2.32. The van der Waals surface area contributed by atoms with Gasteiger partial charge in [0.1, 0.15) is 5.75 Å². The van der Waals surface area contributed by atoms with Crippen LogP contribution >= 0.6 is 0 Å². The smallest absolute Gasteiger partial charge is 0.336 e. The third kappa shape index (κ3) is 5.94. The van der Waals surface area contributed by atoms with Crippen LogP contribution in [0.5, 0.6) is 5.75 Å². The van der Waals surface area contributed by atoms with Crippen LogP contribution in [0, 0.1) is 41.5 Å². The maximum atomic E-state index is 12.9. The zero-order chi connectivity index (χ0) is 37.1. The van der Waals surface area contributed by atoms with E-state index in [4.69, 9.17) is 4.74 Å². The van der Waals surface area contributed by atoms with E-state index in [9.17, 15) is 9.90 Å². The number of H-pyrrole nitrogens is 4. The lowest BCUT2D eigenvalue weighted by molar-refractivity contribution is 0.0696. The number of rotatable bonds is 5. The van der Waals surface area contributed by atoms with Crippen molar-refractivity contribution < 1.29 is 14.6 Å². The monoisotopic (exact) mass is 698 g/mol. The van der Waals surface area contributed by atoms with Crippen LogP contribution in [-0.4, -0.2) is 38.1 Å². The Morgan fingerprint density at radius 3 is 1.64 bits per heavy atom. The lowest BCUT2D eigenvalue weighted by atomic mass is 9.92. The van der Waals surface area contributed by atoms with Crippen molar-refractivity contribution in [1.29, 1.82) is 0 Å². The highest BCUT2D eigenvalue weighted by Gasteiger charge is 2.22. The Bertz CT molecular complexity index is 2830. The summed E-state index contributed by atoms with van der Waals surface area (Å²) in [5, 5.41) is 14.2. The van der Waals surface area contributed by atoms with Crippen LogP contribution in [0.1, 0.15) is 83.2 Å². The minimum absolute atomic E-state index is 0.142. The SMILES string of the molecule is COc1ccc(C2=c3ccc([nH]3)=C(c3c(C)cc(C)cc3C)c3ccc([nH]3)C=c3ccc([nH]3)=C(c3c(C)cc(C)cc3C)c3ccc2[nH]3)c(C(=O)O)c1. The molecule has 5 N–H and O–H groups in total. The first-order valence-electron chi connectivity index (χ1n) is 17.8. The van der Waals surface area contributed by atoms with Crippen LogP contribution < -0.4 is 26.1 Å². The van der Waals surface area contributed by atoms with Crippen molar-refractivity contribution in [2.24, 2.45) is 0 Å². The van der Waals surface area contributed by atoms with Gasteiger partial charge in [-0.2, -0.15) is 0 Å². The summed E-state index contributed by atoms with van der Waals surface area (Å²) in [6, 6.07) is 30.9. The summed E-state index contributed by atoms with van der Waals surface area (Å²) in [5.74, 6) is -0.564. The van der Waals surface area contributed by atoms with Gasteiger partial charge in [-0.25, -0.2) is 4.79 Å². The number of ether oxygens (including phenoxy) is 1. The summed E-state index contributed by atoms with van der Waals surface area (Å²) >= 11 is 0. The number of aryl methyl sites for hydroxylation is 6. The van der Waals surface area contributed by atoms with E-state index >= 15 is 0 Å². The molecule has 0 saturated carbocycles. The summed E-state index contributed by atoms with van der Waals surface area (Å²) in [6.45, 7) is 12.9. The Balaban J connectivity index is 1.54. The molecule has 0 amide bonds. The van der Waals surface area contributed by atoms with Crippen LogP contribution in [0.2, 0.25) is 0 Å². The molecule has 0 spiro atoms. The Morgan fingerprint density at radius 1 is 0.547 bits per heavy atom. The number of hydrogen-bond donors (Lipinski definition) is 5. The van der Waals surface area contributed by atoms with Crippen molar-refractivity contribution in [2.45, 2.75) is 41.5 Å². The molecule has 0 aliphatic carbocycles. The number of nitrogens with one attached hydrogen (secondary N) is 4. The number of benzene rings is 3. The van der Waals surface area contributed by atoms with Crippen LogP contribution in [0.4, 0.5) is 0 Å². The summed E-state index contributed by atoms with van der Waals surface area (Å²) in [5.41, 5.74) is 16.5. The van der Waals surface area contributed by atoms with E-state index in [-0.39, 0.29) is 5.56 Å². The minimum atomic E-state index is -1.04. The molecule has 0 atom stereocenters. The van der Waals surface area contributed by atoms with Gasteiger partial charge >= 0.3 is 5.97 Å². The van der Waals surface area contributed by atoms with E-state index in [1.165, 1.54) is 33.4 Å². The molecule has 1 aliphatic heterocycles. The van der Waals surface area contributed by atoms with Crippen LogP contribution in [0.15, 0.2) is 91.0 Å². The van der Waals surface area contributed by atoms with Gasteiger partial charge in [-0.3, -0.25) is 0 Å². The van der Waals surface area contributed by atoms with Gasteiger partial charge in [0.05, 0.1) is 12.7 Å². The van der Waals surface area contributed by atoms with Gasteiger partial charge in [0, 0.05) is 66.5 Å². The van der Waals surface area contributed by atoms with E-state index in [1.807, 2.05) is 24.3 Å². The molecule has 0 fully saturated rings. The van der Waals surface area contributed by atoms with Crippen molar-refractivity contribution in [1.82, 2.24) is 19.9 Å². The molecule has 5 heterocycles. The second-order valence-corrected chi connectivity index (χ2v) is 14.3. The minimum Gasteiger partial charge on any atom is -0.497 e. The predicted octanol–water partition coefficient (Wildman–Crippen LogP) is 6.44. The number of carboxylic acids is 1. The van der Waals surface area contributed by atoms with Gasteiger partial charge < -0.3 is 29.8 Å². The molecular weight excluding hydrogens is 657 g/mol. The highest BCUT2D eigenvalue weighted by atomic mass is 16.5. The number of carbonyl (C=O) groups is 1. The molecule has 7 heteroatoms. The van der Waals surface area contributed by atoms with Gasteiger partial charge in [0.15, 0.2) is 0 Å². The van der Waals surface area contributed by atoms with Crippen molar-refractivity contribution in [3.8, 4) is 5.75 Å². The van der Waals surface area contributed by atoms with E-state index in [0.717, 1.165) is 72.0 Å². The van der Waals surface area contributed by atoms with Crippen molar-refractivity contribution >= 4 is 28.8 Å². The first kappa shape index (κ1) is 33.7. The van der Waals surface area contributed by atoms with Gasteiger partial charge in [-0.15, -0.1) is 0 Å². The molecule has 8 rings (SSSR count). The number of methoxy groups -OCH3 is 1. The van der Waals surface area contributed by atoms with Crippen molar-refractivity contribution in [3.05, 3.63) is 191 Å². The number of carboxylic acid groups (broad SMARTS) is 1. The first-order chi connectivity index (χ1) is 25.5. The molecule has 264 valence electrons. The Kier molecular flexibility index (Phi) is 8.22. The number of aromatic carboxylic acids is 1. The summed E-state index contributed by atoms with van der Waals surface area (Å²) < 4.78 is 5.47. The molecule has 3 aromatic carbocycles. The fourth-order valence-corrected chi connectivity index (χ4v) is 8.28. The average Bonchev–Trinajstić information content (AvgIpc) is 3.94. The number of aromatic nitrogens is 4. The topological polar surface area (TPSA) is 110 Å². The Morgan fingerprint density at radius 2 is 1.06 bits per heavy atom. The lowest BCUT2D eigenvalue weighted by Crippen LogP contribution is -2.19. The van der Waals surface area contributed by atoms with Gasteiger partial charge in [-0.05, 0) is 148 Å². The normalized spacial score (nSPS) is 12.6.